The third-order valence-electron chi connectivity index (χ3n) is 5.45. The number of sulfonamides is 1. The van der Waals surface area contributed by atoms with Crippen molar-refractivity contribution in [2.75, 3.05) is 0 Å². The summed E-state index contributed by atoms with van der Waals surface area (Å²) in [7, 11) is -3.84. The van der Waals surface area contributed by atoms with Crippen molar-refractivity contribution in [1.29, 1.82) is 5.41 Å². The molecule has 4 rings (SSSR count). The summed E-state index contributed by atoms with van der Waals surface area (Å²) in [4.78, 5) is 13.2. The molecular weight excluding hydrogens is 452 g/mol. The Morgan fingerprint density at radius 2 is 1.94 bits per heavy atom. The molecular formula is C24H24N6O3S. The Kier molecular flexibility index (Phi) is 6.18. The zero-order valence-electron chi connectivity index (χ0n) is 18.4. The molecule has 9 nitrogen and oxygen atoms in total. The van der Waals surface area contributed by atoms with Crippen molar-refractivity contribution in [2.45, 2.75) is 24.2 Å². The molecule has 174 valence electrons. The first-order valence-corrected chi connectivity index (χ1v) is 12.0. The van der Waals surface area contributed by atoms with Crippen molar-refractivity contribution in [3.05, 3.63) is 101 Å². The van der Waals surface area contributed by atoms with Crippen LogP contribution in [0.25, 0.3) is 5.69 Å². The van der Waals surface area contributed by atoms with Crippen molar-refractivity contribution < 1.29 is 13.2 Å². The summed E-state index contributed by atoms with van der Waals surface area (Å²) >= 11 is 0. The fraction of sp³-hybridized carbons (Fsp3) is 0.125. The third-order valence-corrected chi connectivity index (χ3v) is 6.43. The zero-order chi connectivity index (χ0) is 24.5. The summed E-state index contributed by atoms with van der Waals surface area (Å²) in [6.45, 7) is 1.79. The molecule has 1 aromatic heterocycles. The van der Waals surface area contributed by atoms with E-state index in [9.17, 15) is 13.2 Å². The van der Waals surface area contributed by atoms with Gasteiger partial charge in [0.1, 0.15) is 11.5 Å². The molecule has 1 aliphatic carbocycles. The van der Waals surface area contributed by atoms with E-state index in [-0.39, 0.29) is 22.6 Å². The molecule has 6 N–H and O–H groups in total. The molecule has 1 atom stereocenters. The standard InChI is InChI=1S/C24H24N6O3S/c1-15-13-21(30(29-15)19-6-4-5-17(14-19)23(25)26)24(31)28-18-11-9-16(10-12-18)20-7-2-3-8-22(20)34(27,32)33/h2-9,11-14,16H,10H2,1H3,(H3,25,26)(H,28,31)(H2,27,32,33). The molecule has 1 aliphatic rings. The van der Waals surface area contributed by atoms with Gasteiger partial charge in [0, 0.05) is 17.2 Å². The summed E-state index contributed by atoms with van der Waals surface area (Å²) in [5.41, 5.74) is 8.93. The maximum atomic E-state index is 13.1. The first-order chi connectivity index (χ1) is 16.1. The Morgan fingerprint density at radius 3 is 2.62 bits per heavy atom. The van der Waals surface area contributed by atoms with E-state index >= 15 is 0 Å². The molecule has 1 amide bonds. The number of hydrogen-bond donors (Lipinski definition) is 4. The van der Waals surface area contributed by atoms with Crippen LogP contribution in [-0.4, -0.2) is 29.9 Å². The molecule has 0 fully saturated rings. The van der Waals surface area contributed by atoms with Gasteiger partial charge < -0.3 is 11.1 Å². The Morgan fingerprint density at radius 1 is 1.18 bits per heavy atom. The molecule has 1 unspecified atom stereocenters. The van der Waals surface area contributed by atoms with Gasteiger partial charge in [-0.15, -0.1) is 0 Å². The summed E-state index contributed by atoms with van der Waals surface area (Å²) in [6, 6.07) is 15.2. The van der Waals surface area contributed by atoms with Crippen LogP contribution in [0.2, 0.25) is 0 Å². The maximum Gasteiger partial charge on any atom is 0.274 e. The first kappa shape index (κ1) is 23.1. The van der Waals surface area contributed by atoms with Gasteiger partial charge >= 0.3 is 0 Å². The number of nitrogen functional groups attached to an aromatic ring is 1. The molecule has 10 heteroatoms. The smallest absolute Gasteiger partial charge is 0.274 e. The van der Waals surface area contributed by atoms with E-state index in [1.807, 2.05) is 12.2 Å². The monoisotopic (exact) mass is 476 g/mol. The van der Waals surface area contributed by atoms with Crippen LogP contribution in [0.4, 0.5) is 0 Å². The van der Waals surface area contributed by atoms with Crippen molar-refractivity contribution in [3.8, 4) is 5.69 Å². The predicted molar refractivity (Wildman–Crippen MR) is 129 cm³/mol. The Hall–Kier alpha value is -4.02. The van der Waals surface area contributed by atoms with Crippen molar-refractivity contribution in [1.82, 2.24) is 15.1 Å². The average Bonchev–Trinajstić information content (AvgIpc) is 3.21. The normalized spacial score (nSPS) is 15.6. The van der Waals surface area contributed by atoms with E-state index in [2.05, 4.69) is 10.4 Å². The fourth-order valence-corrected chi connectivity index (χ4v) is 4.66. The van der Waals surface area contributed by atoms with Gasteiger partial charge in [-0.2, -0.15) is 5.10 Å². The molecule has 1 heterocycles. The van der Waals surface area contributed by atoms with E-state index < -0.39 is 10.0 Å². The number of amidine groups is 1. The van der Waals surface area contributed by atoms with Gasteiger partial charge in [0.25, 0.3) is 5.91 Å². The lowest BCUT2D eigenvalue weighted by Gasteiger charge is -2.19. The van der Waals surface area contributed by atoms with Gasteiger partial charge in [-0.3, -0.25) is 10.2 Å². The van der Waals surface area contributed by atoms with Crippen LogP contribution < -0.4 is 16.2 Å². The van der Waals surface area contributed by atoms with Crippen LogP contribution in [0.3, 0.4) is 0 Å². The summed E-state index contributed by atoms with van der Waals surface area (Å²) in [5, 5.41) is 20.3. The summed E-state index contributed by atoms with van der Waals surface area (Å²) in [6.07, 6.45) is 5.93. The maximum absolute atomic E-state index is 13.1. The highest BCUT2D eigenvalue weighted by atomic mass is 32.2. The number of carbonyl (C=O) groups is 1. The van der Waals surface area contributed by atoms with Gasteiger partial charge in [0.05, 0.1) is 16.3 Å². The first-order valence-electron chi connectivity index (χ1n) is 10.5. The van der Waals surface area contributed by atoms with Crippen LogP contribution in [0.5, 0.6) is 0 Å². The number of amides is 1. The van der Waals surface area contributed by atoms with Gasteiger partial charge in [-0.05, 0) is 49.2 Å². The molecule has 0 saturated heterocycles. The van der Waals surface area contributed by atoms with Crippen LogP contribution in [0, 0.1) is 12.3 Å². The Balaban J connectivity index is 1.54. The SMILES string of the molecule is Cc1cc(C(=O)NC2=CCC(c3ccccc3S(N)(=O)=O)C=C2)n(-c2cccc(C(=N)N)c2)n1. The van der Waals surface area contributed by atoms with Crippen molar-refractivity contribution in [2.24, 2.45) is 10.9 Å². The number of aryl methyl sites for hydroxylation is 1. The molecule has 3 aromatic rings. The molecule has 0 spiro atoms. The Bertz CT molecular complexity index is 1450. The summed E-state index contributed by atoms with van der Waals surface area (Å²) in [5.74, 6) is -0.613. The minimum atomic E-state index is -3.84. The molecule has 2 aromatic carbocycles. The number of aromatic nitrogens is 2. The highest BCUT2D eigenvalue weighted by Crippen LogP contribution is 2.30. The molecule has 0 radical (unpaired) electrons. The molecule has 34 heavy (non-hydrogen) atoms. The van der Waals surface area contributed by atoms with Crippen molar-refractivity contribution in [3.63, 3.8) is 0 Å². The molecule has 0 saturated carbocycles. The number of nitrogens with one attached hydrogen (secondary N) is 2. The van der Waals surface area contributed by atoms with E-state index in [0.717, 1.165) is 0 Å². The molecule has 0 bridgehead atoms. The second-order valence-corrected chi connectivity index (χ2v) is 9.47. The topological polar surface area (TPSA) is 157 Å². The van der Waals surface area contributed by atoms with Gasteiger partial charge in [-0.25, -0.2) is 18.2 Å². The average molecular weight is 477 g/mol. The fourth-order valence-electron chi connectivity index (χ4n) is 3.85. The lowest BCUT2D eigenvalue weighted by Crippen LogP contribution is -2.26. The lowest BCUT2D eigenvalue weighted by molar-refractivity contribution is 0.0959. The quantitative estimate of drug-likeness (QED) is 0.317. The number of rotatable bonds is 6. The van der Waals surface area contributed by atoms with Crippen molar-refractivity contribution >= 4 is 21.8 Å². The highest BCUT2D eigenvalue weighted by Gasteiger charge is 2.22. The Labute approximate surface area is 197 Å². The third kappa shape index (κ3) is 4.82. The second kappa shape index (κ2) is 9.08. The number of nitrogens with zero attached hydrogens (tertiary/aromatic N) is 2. The second-order valence-electron chi connectivity index (χ2n) is 7.94. The predicted octanol–water partition coefficient (Wildman–Crippen LogP) is 2.47. The van der Waals surface area contributed by atoms with Crippen LogP contribution >= 0.6 is 0 Å². The number of carbonyl (C=O) groups excluding carboxylic acids is 1. The van der Waals surface area contributed by atoms with Gasteiger partial charge in [0.2, 0.25) is 10.0 Å². The number of hydrogen-bond acceptors (Lipinski definition) is 5. The van der Waals surface area contributed by atoms with Crippen LogP contribution in [-0.2, 0) is 10.0 Å². The van der Waals surface area contributed by atoms with Crippen LogP contribution in [0.15, 0.2) is 83.4 Å². The number of allylic oxidation sites excluding steroid dienone is 3. The van der Waals surface area contributed by atoms with E-state index in [1.54, 1.807) is 61.5 Å². The number of primary sulfonamides is 1. The van der Waals surface area contributed by atoms with Gasteiger partial charge in [-0.1, -0.05) is 42.5 Å². The zero-order valence-corrected chi connectivity index (χ0v) is 19.2. The molecule has 0 aliphatic heterocycles. The lowest BCUT2D eigenvalue weighted by atomic mass is 9.91. The number of nitrogens with two attached hydrogens (primary N) is 2. The number of benzene rings is 2. The van der Waals surface area contributed by atoms with E-state index in [4.69, 9.17) is 16.3 Å². The highest BCUT2D eigenvalue weighted by molar-refractivity contribution is 7.89. The van der Waals surface area contributed by atoms with E-state index in [1.165, 1.54) is 10.7 Å². The van der Waals surface area contributed by atoms with E-state index in [0.29, 0.717) is 40.3 Å². The summed E-state index contributed by atoms with van der Waals surface area (Å²) < 4.78 is 25.4. The minimum Gasteiger partial charge on any atom is -0.384 e. The minimum absolute atomic E-state index is 0.0761. The van der Waals surface area contributed by atoms with Gasteiger partial charge in [0.15, 0.2) is 0 Å². The largest absolute Gasteiger partial charge is 0.384 e. The van der Waals surface area contributed by atoms with Crippen LogP contribution in [0.1, 0.15) is 39.6 Å².